The Labute approximate surface area is 102 Å². The zero-order chi connectivity index (χ0) is 12.0. The van der Waals surface area contributed by atoms with Crippen molar-refractivity contribution >= 4 is 23.1 Å². The van der Waals surface area contributed by atoms with Crippen LogP contribution in [0.25, 0.3) is 0 Å². The second kappa shape index (κ2) is 6.15. The van der Waals surface area contributed by atoms with E-state index < -0.39 is 5.54 Å². The predicted molar refractivity (Wildman–Crippen MR) is 67.2 cm³/mol. The van der Waals surface area contributed by atoms with E-state index in [1.165, 1.54) is 6.42 Å². The monoisotopic (exact) mass is 244 g/mol. The molecule has 0 saturated heterocycles. The van der Waals surface area contributed by atoms with Gasteiger partial charge in [-0.25, -0.2) is 0 Å². The van der Waals surface area contributed by atoms with Crippen LogP contribution in [0.3, 0.4) is 0 Å². The van der Waals surface area contributed by atoms with Crippen molar-refractivity contribution in [3.05, 3.63) is 0 Å². The molecule has 92 valence electrons. The standard InChI is InChI=1S/C11H20N2O2S/c1-15-8-5-9(14)13-11(10(12)16)6-3-2-4-7-11/h2-8H2,1H3,(H2,12,16)(H,13,14). The van der Waals surface area contributed by atoms with Crippen molar-refractivity contribution in [1.82, 2.24) is 5.32 Å². The molecule has 1 fully saturated rings. The van der Waals surface area contributed by atoms with Crippen LogP contribution in [0.1, 0.15) is 38.5 Å². The molecule has 0 atom stereocenters. The lowest BCUT2D eigenvalue weighted by Gasteiger charge is -2.37. The van der Waals surface area contributed by atoms with Crippen molar-refractivity contribution in [2.24, 2.45) is 5.73 Å². The fourth-order valence-corrected chi connectivity index (χ4v) is 2.37. The normalized spacial score (nSPS) is 19.1. The molecular formula is C11H20N2O2S. The van der Waals surface area contributed by atoms with Gasteiger partial charge in [0.25, 0.3) is 0 Å². The Hall–Kier alpha value is -0.680. The minimum atomic E-state index is -0.446. The largest absolute Gasteiger partial charge is 0.391 e. The van der Waals surface area contributed by atoms with Gasteiger partial charge in [0, 0.05) is 13.5 Å². The van der Waals surface area contributed by atoms with Crippen molar-refractivity contribution < 1.29 is 9.53 Å². The number of nitrogens with one attached hydrogen (secondary N) is 1. The van der Waals surface area contributed by atoms with Gasteiger partial charge < -0.3 is 15.8 Å². The van der Waals surface area contributed by atoms with Gasteiger partial charge in [-0.15, -0.1) is 0 Å². The minimum Gasteiger partial charge on any atom is -0.391 e. The Morgan fingerprint density at radius 2 is 2.06 bits per heavy atom. The van der Waals surface area contributed by atoms with E-state index in [4.69, 9.17) is 22.7 Å². The number of hydrogen-bond donors (Lipinski definition) is 2. The molecule has 0 radical (unpaired) electrons. The van der Waals surface area contributed by atoms with Crippen molar-refractivity contribution in [3.8, 4) is 0 Å². The third-order valence-electron chi connectivity index (χ3n) is 3.09. The third-order valence-corrected chi connectivity index (χ3v) is 3.48. The summed E-state index contributed by atoms with van der Waals surface area (Å²) in [6.07, 6.45) is 5.42. The van der Waals surface area contributed by atoms with Crippen molar-refractivity contribution in [2.75, 3.05) is 13.7 Å². The van der Waals surface area contributed by atoms with Crippen LogP contribution in [-0.4, -0.2) is 30.2 Å². The van der Waals surface area contributed by atoms with Gasteiger partial charge >= 0.3 is 0 Å². The molecule has 1 amide bonds. The summed E-state index contributed by atoms with van der Waals surface area (Å²) in [5.41, 5.74) is 5.32. The molecule has 4 nitrogen and oxygen atoms in total. The molecular weight excluding hydrogens is 224 g/mol. The highest BCUT2D eigenvalue weighted by atomic mass is 32.1. The maximum Gasteiger partial charge on any atom is 0.223 e. The second-order valence-electron chi connectivity index (χ2n) is 4.30. The molecule has 1 rings (SSSR count). The van der Waals surface area contributed by atoms with E-state index in [9.17, 15) is 4.79 Å². The zero-order valence-electron chi connectivity index (χ0n) is 9.75. The van der Waals surface area contributed by atoms with E-state index in [0.29, 0.717) is 18.0 Å². The number of hydrogen-bond acceptors (Lipinski definition) is 3. The van der Waals surface area contributed by atoms with Gasteiger partial charge in [-0.3, -0.25) is 4.79 Å². The fourth-order valence-electron chi connectivity index (χ4n) is 2.11. The summed E-state index contributed by atoms with van der Waals surface area (Å²) in [4.78, 5) is 12.1. The summed E-state index contributed by atoms with van der Waals surface area (Å²) in [5.74, 6) is -0.0310. The fraction of sp³-hybridized carbons (Fsp3) is 0.818. The van der Waals surface area contributed by atoms with Crippen LogP contribution < -0.4 is 11.1 Å². The van der Waals surface area contributed by atoms with Gasteiger partial charge in [-0.2, -0.15) is 0 Å². The number of thiocarbonyl (C=S) groups is 1. The Morgan fingerprint density at radius 3 is 2.56 bits per heavy atom. The van der Waals surface area contributed by atoms with Gasteiger partial charge in [0.05, 0.1) is 17.1 Å². The summed E-state index contributed by atoms with van der Waals surface area (Å²) in [6.45, 7) is 0.430. The number of amides is 1. The molecule has 1 saturated carbocycles. The van der Waals surface area contributed by atoms with Crippen molar-refractivity contribution in [2.45, 2.75) is 44.1 Å². The highest BCUT2D eigenvalue weighted by Gasteiger charge is 2.36. The van der Waals surface area contributed by atoms with E-state index in [0.717, 1.165) is 25.7 Å². The molecule has 0 aliphatic heterocycles. The van der Waals surface area contributed by atoms with E-state index in [-0.39, 0.29) is 5.91 Å². The number of carbonyl (C=O) groups is 1. The Bertz CT molecular complexity index is 263. The molecule has 0 bridgehead atoms. The quantitative estimate of drug-likeness (QED) is 0.712. The van der Waals surface area contributed by atoms with E-state index in [2.05, 4.69) is 5.32 Å². The second-order valence-corrected chi connectivity index (χ2v) is 4.74. The molecule has 0 aromatic rings. The molecule has 0 heterocycles. The molecule has 0 unspecified atom stereocenters. The van der Waals surface area contributed by atoms with Crippen LogP contribution in [0, 0.1) is 0 Å². The van der Waals surface area contributed by atoms with Crippen LogP contribution in [-0.2, 0) is 9.53 Å². The van der Waals surface area contributed by atoms with E-state index >= 15 is 0 Å². The highest BCUT2D eigenvalue weighted by Crippen LogP contribution is 2.28. The number of carbonyl (C=O) groups excluding carboxylic acids is 1. The molecule has 16 heavy (non-hydrogen) atoms. The van der Waals surface area contributed by atoms with Crippen LogP contribution in [0.5, 0.6) is 0 Å². The van der Waals surface area contributed by atoms with Crippen LogP contribution in [0.15, 0.2) is 0 Å². The summed E-state index contributed by atoms with van der Waals surface area (Å²) in [5, 5.41) is 2.98. The Kier molecular flexibility index (Phi) is 5.15. The molecule has 0 spiro atoms. The Morgan fingerprint density at radius 1 is 1.44 bits per heavy atom. The topological polar surface area (TPSA) is 64.3 Å². The van der Waals surface area contributed by atoms with Crippen molar-refractivity contribution in [1.29, 1.82) is 0 Å². The SMILES string of the molecule is COCCC(=O)NC1(C(N)=S)CCCCC1. The summed E-state index contributed by atoms with van der Waals surface area (Å²) >= 11 is 5.09. The number of ether oxygens (including phenoxy) is 1. The van der Waals surface area contributed by atoms with Gasteiger partial charge in [-0.1, -0.05) is 31.5 Å². The van der Waals surface area contributed by atoms with Gasteiger partial charge in [0.2, 0.25) is 5.91 Å². The van der Waals surface area contributed by atoms with Gasteiger partial charge in [0.15, 0.2) is 0 Å². The van der Waals surface area contributed by atoms with Crippen LogP contribution in [0.4, 0.5) is 0 Å². The van der Waals surface area contributed by atoms with E-state index in [1.54, 1.807) is 7.11 Å². The predicted octanol–water partition coefficient (Wildman–Crippen LogP) is 1.13. The summed E-state index contributed by atoms with van der Waals surface area (Å²) in [7, 11) is 1.58. The molecule has 1 aliphatic rings. The third kappa shape index (κ3) is 3.42. The summed E-state index contributed by atoms with van der Waals surface area (Å²) < 4.78 is 4.87. The first-order chi connectivity index (χ1) is 7.60. The maximum absolute atomic E-state index is 11.7. The van der Waals surface area contributed by atoms with Crippen LogP contribution >= 0.6 is 12.2 Å². The molecule has 5 heteroatoms. The highest BCUT2D eigenvalue weighted by molar-refractivity contribution is 7.80. The van der Waals surface area contributed by atoms with Crippen LogP contribution in [0.2, 0.25) is 0 Å². The Balaban J connectivity index is 2.56. The number of rotatable bonds is 5. The molecule has 0 aromatic carbocycles. The zero-order valence-corrected chi connectivity index (χ0v) is 10.6. The molecule has 1 aliphatic carbocycles. The lowest BCUT2D eigenvalue weighted by Crippen LogP contribution is -2.57. The smallest absolute Gasteiger partial charge is 0.223 e. The molecule has 3 N–H and O–H groups in total. The van der Waals surface area contributed by atoms with Gasteiger partial charge in [0.1, 0.15) is 0 Å². The first-order valence-corrected chi connectivity index (χ1v) is 6.11. The average molecular weight is 244 g/mol. The number of methoxy groups -OCH3 is 1. The van der Waals surface area contributed by atoms with Gasteiger partial charge in [-0.05, 0) is 12.8 Å². The maximum atomic E-state index is 11.7. The lowest BCUT2D eigenvalue weighted by atomic mass is 9.81. The lowest BCUT2D eigenvalue weighted by molar-refractivity contribution is -0.123. The first kappa shape index (κ1) is 13.4. The minimum absolute atomic E-state index is 0.0310. The number of nitrogens with two attached hydrogens (primary N) is 1. The van der Waals surface area contributed by atoms with Crippen molar-refractivity contribution in [3.63, 3.8) is 0 Å². The molecule has 0 aromatic heterocycles. The first-order valence-electron chi connectivity index (χ1n) is 5.70. The average Bonchev–Trinajstić information content (AvgIpc) is 2.27. The summed E-state index contributed by atoms with van der Waals surface area (Å²) in [6, 6.07) is 0. The van der Waals surface area contributed by atoms with E-state index in [1.807, 2.05) is 0 Å².